The van der Waals surface area contributed by atoms with Crippen molar-refractivity contribution in [3.63, 3.8) is 0 Å². The molecule has 0 radical (unpaired) electrons. The molecule has 1 heterocycles. The Morgan fingerprint density at radius 1 is 1.25 bits per heavy atom. The maximum atomic E-state index is 12.1. The molecule has 6 nitrogen and oxygen atoms in total. The van der Waals surface area contributed by atoms with Crippen molar-refractivity contribution >= 4 is 11.9 Å². The summed E-state index contributed by atoms with van der Waals surface area (Å²) in [6.07, 6.45) is 5.73. The van der Waals surface area contributed by atoms with Gasteiger partial charge in [-0.1, -0.05) is 19.3 Å². The fraction of sp³-hybridized carbons (Fsp3) is 0.857. The van der Waals surface area contributed by atoms with Crippen molar-refractivity contribution in [1.82, 2.24) is 20.9 Å². The first-order chi connectivity index (χ1) is 9.66. The van der Waals surface area contributed by atoms with Gasteiger partial charge in [0.25, 0.3) is 0 Å². The van der Waals surface area contributed by atoms with Crippen LogP contribution in [-0.2, 0) is 4.79 Å². The Bertz CT molecular complexity index is 342. The minimum Gasteiger partial charge on any atom is -0.336 e. The van der Waals surface area contributed by atoms with Crippen molar-refractivity contribution in [2.75, 3.05) is 26.2 Å². The summed E-state index contributed by atoms with van der Waals surface area (Å²) in [6, 6.07) is 0.254. The maximum Gasteiger partial charge on any atom is 0.315 e. The van der Waals surface area contributed by atoms with Crippen LogP contribution < -0.4 is 16.0 Å². The Kier molecular flexibility index (Phi) is 5.64. The molecule has 1 aliphatic carbocycles. The largest absolute Gasteiger partial charge is 0.336 e. The lowest BCUT2D eigenvalue weighted by atomic mass is 9.96. The van der Waals surface area contributed by atoms with Crippen molar-refractivity contribution in [3.05, 3.63) is 0 Å². The molecular weight excluding hydrogens is 256 g/mol. The summed E-state index contributed by atoms with van der Waals surface area (Å²) in [5, 5.41) is 8.89. The van der Waals surface area contributed by atoms with Crippen LogP contribution in [0, 0.1) is 0 Å². The molecule has 3 amide bonds. The van der Waals surface area contributed by atoms with Gasteiger partial charge in [0, 0.05) is 31.7 Å². The SMILES string of the molecule is CC1CNCCN1C(=O)CNC(=O)NC1CCCCC1. The van der Waals surface area contributed by atoms with E-state index in [0.717, 1.165) is 25.9 Å². The zero-order chi connectivity index (χ0) is 14.4. The van der Waals surface area contributed by atoms with Gasteiger partial charge in [0.15, 0.2) is 0 Å². The van der Waals surface area contributed by atoms with E-state index in [1.165, 1.54) is 19.3 Å². The van der Waals surface area contributed by atoms with Gasteiger partial charge in [-0.15, -0.1) is 0 Å². The second-order valence-electron chi connectivity index (χ2n) is 5.80. The summed E-state index contributed by atoms with van der Waals surface area (Å²) in [6.45, 7) is 4.46. The van der Waals surface area contributed by atoms with Crippen LogP contribution in [0.2, 0.25) is 0 Å². The number of nitrogens with zero attached hydrogens (tertiary/aromatic N) is 1. The molecule has 3 N–H and O–H groups in total. The number of piperazine rings is 1. The third-order valence-electron chi connectivity index (χ3n) is 4.16. The summed E-state index contributed by atoms with van der Waals surface area (Å²) >= 11 is 0. The van der Waals surface area contributed by atoms with E-state index in [-0.39, 0.29) is 30.6 Å². The fourth-order valence-electron chi connectivity index (χ4n) is 2.95. The first-order valence-electron chi connectivity index (χ1n) is 7.71. The van der Waals surface area contributed by atoms with Gasteiger partial charge < -0.3 is 20.9 Å². The van der Waals surface area contributed by atoms with Gasteiger partial charge in [0.1, 0.15) is 0 Å². The molecule has 1 aliphatic heterocycles. The average Bonchev–Trinajstić information content (AvgIpc) is 2.46. The number of carbonyl (C=O) groups excluding carboxylic acids is 2. The van der Waals surface area contributed by atoms with Crippen LogP contribution >= 0.6 is 0 Å². The summed E-state index contributed by atoms with van der Waals surface area (Å²) in [4.78, 5) is 25.7. The van der Waals surface area contributed by atoms with Crippen molar-refractivity contribution < 1.29 is 9.59 Å². The van der Waals surface area contributed by atoms with Gasteiger partial charge in [-0.25, -0.2) is 4.79 Å². The molecule has 2 aliphatic rings. The third kappa shape index (κ3) is 4.37. The number of hydrogen-bond acceptors (Lipinski definition) is 3. The molecule has 2 fully saturated rings. The Balaban J connectivity index is 1.68. The lowest BCUT2D eigenvalue weighted by Gasteiger charge is -2.34. The number of rotatable bonds is 3. The molecule has 0 spiro atoms. The molecule has 6 heteroatoms. The lowest BCUT2D eigenvalue weighted by molar-refractivity contribution is -0.132. The lowest BCUT2D eigenvalue weighted by Crippen LogP contribution is -2.55. The Morgan fingerprint density at radius 2 is 2.00 bits per heavy atom. The first kappa shape index (κ1) is 15.1. The maximum absolute atomic E-state index is 12.1. The normalized spacial score (nSPS) is 24.2. The molecule has 0 aromatic carbocycles. The zero-order valence-corrected chi connectivity index (χ0v) is 12.3. The van der Waals surface area contributed by atoms with E-state index in [4.69, 9.17) is 0 Å². The summed E-state index contributed by atoms with van der Waals surface area (Å²) in [7, 11) is 0. The van der Waals surface area contributed by atoms with Crippen LogP contribution in [-0.4, -0.2) is 55.1 Å². The highest BCUT2D eigenvalue weighted by atomic mass is 16.2. The molecule has 2 rings (SSSR count). The van der Waals surface area contributed by atoms with Crippen molar-refractivity contribution in [3.8, 4) is 0 Å². The van der Waals surface area contributed by atoms with E-state index in [1.54, 1.807) is 0 Å². The molecule has 1 saturated heterocycles. The number of urea groups is 1. The van der Waals surface area contributed by atoms with Crippen LogP contribution in [0.3, 0.4) is 0 Å². The molecule has 1 unspecified atom stereocenters. The number of amides is 3. The number of carbonyl (C=O) groups is 2. The van der Waals surface area contributed by atoms with E-state index in [1.807, 2.05) is 11.8 Å². The van der Waals surface area contributed by atoms with Gasteiger partial charge in [-0.05, 0) is 19.8 Å². The van der Waals surface area contributed by atoms with Gasteiger partial charge in [-0.3, -0.25) is 4.79 Å². The van der Waals surface area contributed by atoms with Crippen LogP contribution in [0.5, 0.6) is 0 Å². The van der Waals surface area contributed by atoms with Crippen molar-refractivity contribution in [2.45, 2.75) is 51.1 Å². The van der Waals surface area contributed by atoms with E-state index in [9.17, 15) is 9.59 Å². The predicted octanol–water partition coefficient (Wildman–Crippen LogP) is 0.439. The summed E-state index contributed by atoms with van der Waals surface area (Å²) < 4.78 is 0. The first-order valence-corrected chi connectivity index (χ1v) is 7.71. The summed E-state index contributed by atoms with van der Waals surface area (Å²) in [5.41, 5.74) is 0. The van der Waals surface area contributed by atoms with Crippen molar-refractivity contribution in [2.24, 2.45) is 0 Å². The number of nitrogens with one attached hydrogen (secondary N) is 3. The van der Waals surface area contributed by atoms with E-state index >= 15 is 0 Å². The van der Waals surface area contributed by atoms with Crippen LogP contribution in [0.1, 0.15) is 39.0 Å². The Labute approximate surface area is 120 Å². The highest BCUT2D eigenvalue weighted by Gasteiger charge is 2.23. The fourth-order valence-corrected chi connectivity index (χ4v) is 2.95. The Morgan fingerprint density at radius 3 is 2.70 bits per heavy atom. The molecule has 0 aromatic rings. The zero-order valence-electron chi connectivity index (χ0n) is 12.3. The second kappa shape index (κ2) is 7.47. The molecule has 114 valence electrons. The second-order valence-corrected chi connectivity index (χ2v) is 5.80. The van der Waals surface area contributed by atoms with E-state index < -0.39 is 0 Å². The van der Waals surface area contributed by atoms with Gasteiger partial charge in [-0.2, -0.15) is 0 Å². The monoisotopic (exact) mass is 282 g/mol. The smallest absolute Gasteiger partial charge is 0.315 e. The van der Waals surface area contributed by atoms with Gasteiger partial charge in [0.2, 0.25) is 5.91 Å². The van der Waals surface area contributed by atoms with E-state index in [0.29, 0.717) is 6.54 Å². The predicted molar refractivity (Wildman–Crippen MR) is 77.5 cm³/mol. The van der Waals surface area contributed by atoms with Crippen LogP contribution in [0.15, 0.2) is 0 Å². The molecule has 1 atom stereocenters. The van der Waals surface area contributed by atoms with Gasteiger partial charge in [0.05, 0.1) is 6.54 Å². The molecular formula is C14H26N4O2. The number of hydrogen-bond donors (Lipinski definition) is 3. The van der Waals surface area contributed by atoms with Crippen molar-refractivity contribution in [1.29, 1.82) is 0 Å². The molecule has 1 saturated carbocycles. The molecule has 20 heavy (non-hydrogen) atoms. The van der Waals surface area contributed by atoms with Gasteiger partial charge >= 0.3 is 6.03 Å². The standard InChI is InChI=1S/C14H26N4O2/c1-11-9-15-7-8-18(11)13(19)10-16-14(20)17-12-5-3-2-4-6-12/h11-12,15H,2-10H2,1H3,(H2,16,17,20). The summed E-state index contributed by atoms with van der Waals surface area (Å²) in [5.74, 6) is -0.00204. The quantitative estimate of drug-likeness (QED) is 0.703. The Hall–Kier alpha value is -1.30. The highest BCUT2D eigenvalue weighted by molar-refractivity contribution is 5.84. The van der Waals surface area contributed by atoms with Crippen LogP contribution in [0.25, 0.3) is 0 Å². The highest BCUT2D eigenvalue weighted by Crippen LogP contribution is 2.17. The minimum atomic E-state index is -0.215. The average molecular weight is 282 g/mol. The van der Waals surface area contributed by atoms with E-state index in [2.05, 4.69) is 16.0 Å². The molecule has 0 bridgehead atoms. The minimum absolute atomic E-state index is 0.00204. The molecule has 0 aromatic heterocycles. The third-order valence-corrected chi connectivity index (χ3v) is 4.16. The topological polar surface area (TPSA) is 73.5 Å². The van der Waals surface area contributed by atoms with Crippen LogP contribution in [0.4, 0.5) is 4.79 Å².